The minimum absolute atomic E-state index is 0.0652. The first kappa shape index (κ1) is 12.5. The van der Waals surface area contributed by atoms with Gasteiger partial charge in [-0.15, -0.1) is 0 Å². The van der Waals surface area contributed by atoms with E-state index in [4.69, 9.17) is 5.11 Å². The summed E-state index contributed by atoms with van der Waals surface area (Å²) in [7, 11) is 0. The van der Waals surface area contributed by atoms with Crippen LogP contribution in [0.5, 0.6) is 0 Å². The molecule has 1 saturated heterocycles. The number of hydrogen-bond acceptors (Lipinski definition) is 3. The molecule has 0 radical (unpaired) electrons. The fourth-order valence-corrected chi connectivity index (χ4v) is 2.29. The highest BCUT2D eigenvalue weighted by molar-refractivity contribution is 5.93. The van der Waals surface area contributed by atoms with E-state index < -0.39 is 5.97 Å². The third-order valence-corrected chi connectivity index (χ3v) is 3.25. The van der Waals surface area contributed by atoms with Crippen LogP contribution >= 0.6 is 0 Å². The Hall–Kier alpha value is -1.91. The molecule has 0 aromatic carbocycles. The molecule has 96 valence electrons. The van der Waals surface area contributed by atoms with Crippen molar-refractivity contribution in [1.29, 1.82) is 0 Å². The number of carboxylic acid groups (broad SMARTS) is 1. The molecule has 1 fully saturated rings. The second-order valence-electron chi connectivity index (χ2n) is 4.67. The maximum absolute atomic E-state index is 12.2. The van der Waals surface area contributed by atoms with Crippen molar-refractivity contribution in [3.63, 3.8) is 0 Å². The van der Waals surface area contributed by atoms with Crippen molar-refractivity contribution in [3.8, 4) is 0 Å². The van der Waals surface area contributed by atoms with Crippen LogP contribution in [0.3, 0.4) is 0 Å². The maximum Gasteiger partial charge on any atom is 0.303 e. The third kappa shape index (κ3) is 2.67. The molecule has 1 aliphatic rings. The van der Waals surface area contributed by atoms with Crippen molar-refractivity contribution < 1.29 is 14.7 Å². The molecule has 5 heteroatoms. The summed E-state index contributed by atoms with van der Waals surface area (Å²) in [6, 6.07) is 3.65. The Kier molecular flexibility index (Phi) is 3.60. The number of carbonyl (C=O) groups excluding carboxylic acids is 1. The zero-order valence-electron chi connectivity index (χ0n) is 10.3. The van der Waals surface area contributed by atoms with Crippen molar-refractivity contribution in [3.05, 3.63) is 29.6 Å². The number of aryl methyl sites for hydroxylation is 1. The minimum atomic E-state index is -0.802. The Bertz CT molecular complexity index is 473. The molecule has 2 rings (SSSR count). The predicted octanol–water partition coefficient (Wildman–Crippen LogP) is 1.33. The zero-order valence-corrected chi connectivity index (χ0v) is 10.3. The summed E-state index contributed by atoms with van der Waals surface area (Å²) < 4.78 is 0. The van der Waals surface area contributed by atoms with E-state index in [0.717, 1.165) is 12.0 Å². The Morgan fingerprint density at radius 2 is 2.33 bits per heavy atom. The summed E-state index contributed by atoms with van der Waals surface area (Å²) in [6.07, 6.45) is 2.49. The van der Waals surface area contributed by atoms with Gasteiger partial charge in [0.05, 0.1) is 0 Å². The second-order valence-corrected chi connectivity index (χ2v) is 4.67. The van der Waals surface area contributed by atoms with E-state index in [0.29, 0.717) is 18.8 Å². The van der Waals surface area contributed by atoms with E-state index in [1.807, 2.05) is 13.0 Å². The van der Waals surface area contributed by atoms with Gasteiger partial charge in [0.2, 0.25) is 0 Å². The number of rotatable bonds is 3. The number of aromatic nitrogens is 1. The molecular weight excluding hydrogens is 232 g/mol. The van der Waals surface area contributed by atoms with Gasteiger partial charge in [-0.3, -0.25) is 14.6 Å². The zero-order chi connectivity index (χ0) is 13.1. The molecule has 0 aliphatic carbocycles. The summed E-state index contributed by atoms with van der Waals surface area (Å²) in [6.45, 7) is 2.99. The first-order valence-electron chi connectivity index (χ1n) is 6.00. The molecule has 18 heavy (non-hydrogen) atoms. The van der Waals surface area contributed by atoms with Gasteiger partial charge in [0.1, 0.15) is 5.69 Å². The molecule has 2 heterocycles. The van der Waals surface area contributed by atoms with Crippen molar-refractivity contribution in [2.45, 2.75) is 19.8 Å². The SMILES string of the molecule is Cc1cccnc1C(=O)N1CCC(CC(=O)O)C1. The highest BCUT2D eigenvalue weighted by Crippen LogP contribution is 2.21. The lowest BCUT2D eigenvalue weighted by molar-refractivity contribution is -0.138. The summed E-state index contributed by atoms with van der Waals surface area (Å²) in [5, 5.41) is 8.74. The lowest BCUT2D eigenvalue weighted by Gasteiger charge is -2.16. The van der Waals surface area contributed by atoms with E-state index in [2.05, 4.69) is 4.98 Å². The van der Waals surface area contributed by atoms with Gasteiger partial charge < -0.3 is 10.0 Å². The van der Waals surface area contributed by atoms with Crippen molar-refractivity contribution in [1.82, 2.24) is 9.88 Å². The summed E-state index contributed by atoms with van der Waals surface area (Å²) in [5.74, 6) is -0.834. The second kappa shape index (κ2) is 5.16. The lowest BCUT2D eigenvalue weighted by atomic mass is 10.1. The summed E-state index contributed by atoms with van der Waals surface area (Å²) >= 11 is 0. The Balaban J connectivity index is 2.04. The molecule has 1 atom stereocenters. The van der Waals surface area contributed by atoms with Crippen LogP contribution in [0.15, 0.2) is 18.3 Å². The van der Waals surface area contributed by atoms with Gasteiger partial charge in [0, 0.05) is 25.7 Å². The average Bonchev–Trinajstić information content (AvgIpc) is 2.76. The quantitative estimate of drug-likeness (QED) is 0.876. The van der Waals surface area contributed by atoms with Gasteiger partial charge in [0.15, 0.2) is 0 Å². The van der Waals surface area contributed by atoms with E-state index >= 15 is 0 Å². The lowest BCUT2D eigenvalue weighted by Crippen LogP contribution is -2.30. The van der Waals surface area contributed by atoms with E-state index in [1.54, 1.807) is 17.2 Å². The van der Waals surface area contributed by atoms with Crippen LogP contribution in [-0.2, 0) is 4.79 Å². The van der Waals surface area contributed by atoms with Crippen LogP contribution in [0.1, 0.15) is 28.9 Å². The molecule has 0 spiro atoms. The van der Waals surface area contributed by atoms with Crippen LogP contribution in [0.25, 0.3) is 0 Å². The highest BCUT2D eigenvalue weighted by atomic mass is 16.4. The standard InChI is InChI=1S/C13H16N2O3/c1-9-3-2-5-14-12(9)13(18)15-6-4-10(8-15)7-11(16)17/h2-3,5,10H,4,6-8H2,1H3,(H,16,17). The average molecular weight is 248 g/mol. The number of carbonyl (C=O) groups is 2. The number of aliphatic carboxylic acids is 1. The first-order chi connectivity index (χ1) is 8.58. The predicted molar refractivity (Wildman–Crippen MR) is 65.2 cm³/mol. The molecule has 1 unspecified atom stereocenters. The Morgan fingerprint density at radius 3 is 3.00 bits per heavy atom. The number of amides is 1. The molecule has 0 saturated carbocycles. The van der Waals surface area contributed by atoms with Gasteiger partial charge in [-0.1, -0.05) is 6.07 Å². The van der Waals surface area contributed by atoms with Crippen LogP contribution in [0, 0.1) is 12.8 Å². The van der Waals surface area contributed by atoms with Gasteiger partial charge in [-0.25, -0.2) is 0 Å². The fraction of sp³-hybridized carbons (Fsp3) is 0.462. The molecule has 5 nitrogen and oxygen atoms in total. The van der Waals surface area contributed by atoms with E-state index in [-0.39, 0.29) is 18.2 Å². The van der Waals surface area contributed by atoms with Crippen LogP contribution in [0.2, 0.25) is 0 Å². The van der Waals surface area contributed by atoms with Gasteiger partial charge in [0.25, 0.3) is 5.91 Å². The van der Waals surface area contributed by atoms with E-state index in [9.17, 15) is 9.59 Å². The number of pyridine rings is 1. The smallest absolute Gasteiger partial charge is 0.303 e. The molecule has 1 aromatic heterocycles. The largest absolute Gasteiger partial charge is 0.481 e. The number of hydrogen-bond donors (Lipinski definition) is 1. The first-order valence-corrected chi connectivity index (χ1v) is 6.00. The molecule has 1 aliphatic heterocycles. The highest BCUT2D eigenvalue weighted by Gasteiger charge is 2.29. The maximum atomic E-state index is 12.2. The van der Waals surface area contributed by atoms with Gasteiger partial charge in [-0.05, 0) is 30.9 Å². The number of nitrogens with zero attached hydrogens (tertiary/aromatic N) is 2. The van der Waals surface area contributed by atoms with Gasteiger partial charge >= 0.3 is 5.97 Å². The third-order valence-electron chi connectivity index (χ3n) is 3.25. The molecule has 1 aromatic rings. The van der Waals surface area contributed by atoms with Crippen LogP contribution in [-0.4, -0.2) is 40.0 Å². The monoisotopic (exact) mass is 248 g/mol. The summed E-state index contributed by atoms with van der Waals surface area (Å²) in [4.78, 5) is 28.7. The van der Waals surface area contributed by atoms with Crippen LogP contribution < -0.4 is 0 Å². The Labute approximate surface area is 105 Å². The van der Waals surface area contributed by atoms with Crippen molar-refractivity contribution >= 4 is 11.9 Å². The summed E-state index contributed by atoms with van der Waals surface area (Å²) in [5.41, 5.74) is 1.32. The molecule has 1 amide bonds. The van der Waals surface area contributed by atoms with Crippen molar-refractivity contribution in [2.75, 3.05) is 13.1 Å². The topological polar surface area (TPSA) is 70.5 Å². The fourth-order valence-electron chi connectivity index (χ4n) is 2.29. The van der Waals surface area contributed by atoms with Crippen molar-refractivity contribution in [2.24, 2.45) is 5.92 Å². The van der Waals surface area contributed by atoms with Gasteiger partial charge in [-0.2, -0.15) is 0 Å². The molecule has 1 N–H and O–H groups in total. The molecule has 0 bridgehead atoms. The molecular formula is C13H16N2O3. The normalized spacial score (nSPS) is 18.9. The van der Waals surface area contributed by atoms with E-state index in [1.165, 1.54) is 0 Å². The Morgan fingerprint density at radius 1 is 1.56 bits per heavy atom. The minimum Gasteiger partial charge on any atom is -0.481 e. The van der Waals surface area contributed by atoms with Crippen LogP contribution in [0.4, 0.5) is 0 Å². The number of carboxylic acids is 1. The number of likely N-dealkylation sites (tertiary alicyclic amines) is 1.